The van der Waals surface area contributed by atoms with Crippen molar-refractivity contribution in [1.29, 1.82) is 0 Å². The molecule has 1 N–H and O–H groups in total. The highest BCUT2D eigenvalue weighted by Crippen LogP contribution is 2.29. The fourth-order valence-corrected chi connectivity index (χ4v) is 4.87. The van der Waals surface area contributed by atoms with E-state index in [4.69, 9.17) is 16.3 Å². The number of hydrogen-bond acceptors (Lipinski definition) is 7. The van der Waals surface area contributed by atoms with Crippen molar-refractivity contribution < 1.29 is 9.13 Å². The van der Waals surface area contributed by atoms with Gasteiger partial charge in [-0.1, -0.05) is 11.6 Å². The van der Waals surface area contributed by atoms with E-state index in [1.54, 1.807) is 12.3 Å². The van der Waals surface area contributed by atoms with Gasteiger partial charge in [-0.25, -0.2) is 18.4 Å². The molecule has 0 bridgehead atoms. The van der Waals surface area contributed by atoms with E-state index in [1.807, 2.05) is 0 Å². The van der Waals surface area contributed by atoms with E-state index >= 15 is 0 Å². The summed E-state index contributed by atoms with van der Waals surface area (Å²) in [6, 6.07) is 3.09. The van der Waals surface area contributed by atoms with Crippen LogP contribution in [-0.2, 0) is 4.74 Å². The molecule has 0 spiro atoms. The average Bonchev–Trinajstić information content (AvgIpc) is 2.78. The van der Waals surface area contributed by atoms with Crippen LogP contribution in [0.5, 0.6) is 0 Å². The Morgan fingerprint density at radius 2 is 2.10 bits per heavy atom. The van der Waals surface area contributed by atoms with Crippen molar-refractivity contribution in [2.45, 2.75) is 36.8 Å². The van der Waals surface area contributed by atoms with E-state index in [0.29, 0.717) is 11.6 Å². The molecular weight excluding hydrogens is 429 g/mol. The molecule has 0 aromatic carbocycles. The molecule has 30 heavy (non-hydrogen) atoms. The van der Waals surface area contributed by atoms with Gasteiger partial charge in [0.25, 0.3) is 5.56 Å². The zero-order chi connectivity index (χ0) is 20.9. The van der Waals surface area contributed by atoms with Crippen molar-refractivity contribution in [1.82, 2.24) is 19.1 Å². The Labute approximate surface area is 184 Å². The molecule has 0 aliphatic carbocycles. The summed E-state index contributed by atoms with van der Waals surface area (Å²) >= 11 is 7.87. The maximum absolute atomic E-state index is 13.0. The Bertz CT molecular complexity index is 899. The van der Waals surface area contributed by atoms with Gasteiger partial charge in [-0.15, -0.1) is 0 Å². The summed E-state index contributed by atoms with van der Waals surface area (Å²) in [5.41, 5.74) is 0.326. The van der Waals surface area contributed by atoms with Crippen molar-refractivity contribution in [3.63, 3.8) is 0 Å². The van der Waals surface area contributed by atoms with Crippen LogP contribution < -0.4 is 10.9 Å². The maximum Gasteiger partial charge on any atom is 0.287 e. The van der Waals surface area contributed by atoms with Gasteiger partial charge in [0.15, 0.2) is 0 Å². The van der Waals surface area contributed by atoms with Crippen LogP contribution in [0.25, 0.3) is 0 Å². The van der Waals surface area contributed by atoms with Gasteiger partial charge in [-0.05, 0) is 55.7 Å². The molecule has 1 atom stereocenters. The van der Waals surface area contributed by atoms with Gasteiger partial charge in [-0.2, -0.15) is 5.10 Å². The average molecular weight is 454 g/mol. The second kappa shape index (κ2) is 10.1. The number of anilines is 1. The number of nitrogens with one attached hydrogen (secondary N) is 1. The topological polar surface area (TPSA) is 72.3 Å². The summed E-state index contributed by atoms with van der Waals surface area (Å²) in [6.45, 7) is 3.84. The molecule has 4 heterocycles. The van der Waals surface area contributed by atoms with Crippen LogP contribution in [-0.4, -0.2) is 51.9 Å². The Morgan fingerprint density at radius 3 is 2.80 bits per heavy atom. The number of nitrogens with zero attached hydrogens (tertiary/aromatic N) is 4. The summed E-state index contributed by atoms with van der Waals surface area (Å²) in [5.74, 6) is 0.0834. The quantitative estimate of drug-likeness (QED) is 0.670. The SMILES string of the molecule is O=c1c(Cl)c(NC[C@@H]2CCCOC2)cnn1C1CCN(Sc2ccc(F)cn2)CC1. The first-order valence-corrected chi connectivity index (χ1v) is 11.4. The summed E-state index contributed by atoms with van der Waals surface area (Å²) in [4.78, 5) is 16.9. The second-order valence-corrected chi connectivity index (χ2v) is 9.15. The van der Waals surface area contributed by atoms with Crippen molar-refractivity contribution in [2.24, 2.45) is 5.92 Å². The molecule has 0 unspecified atom stereocenters. The number of halogens is 2. The van der Waals surface area contributed by atoms with E-state index in [2.05, 4.69) is 19.7 Å². The third kappa shape index (κ3) is 5.32. The van der Waals surface area contributed by atoms with Crippen LogP contribution in [0.15, 0.2) is 34.3 Å². The number of pyridine rings is 1. The van der Waals surface area contributed by atoms with Crippen LogP contribution in [0, 0.1) is 11.7 Å². The lowest BCUT2D eigenvalue weighted by atomic mass is 10.0. The lowest BCUT2D eigenvalue weighted by molar-refractivity contribution is 0.0595. The van der Waals surface area contributed by atoms with Crippen molar-refractivity contribution >= 4 is 29.2 Å². The minimum Gasteiger partial charge on any atom is -0.382 e. The molecule has 2 aromatic rings. The Hall–Kier alpha value is -1.68. The number of ether oxygens (including phenoxy) is 1. The third-order valence-electron chi connectivity index (χ3n) is 5.47. The number of hydrogen-bond donors (Lipinski definition) is 1. The first-order valence-electron chi connectivity index (χ1n) is 10.2. The summed E-state index contributed by atoms with van der Waals surface area (Å²) in [7, 11) is 0. The van der Waals surface area contributed by atoms with E-state index in [-0.39, 0.29) is 22.4 Å². The van der Waals surface area contributed by atoms with Crippen LogP contribution in [0.3, 0.4) is 0 Å². The van der Waals surface area contributed by atoms with Crippen LogP contribution in [0.4, 0.5) is 10.1 Å². The van der Waals surface area contributed by atoms with E-state index < -0.39 is 0 Å². The van der Waals surface area contributed by atoms with Gasteiger partial charge < -0.3 is 10.1 Å². The fourth-order valence-electron chi connectivity index (χ4n) is 3.78. The Morgan fingerprint density at radius 1 is 1.27 bits per heavy atom. The van der Waals surface area contributed by atoms with Crippen LogP contribution in [0.1, 0.15) is 31.7 Å². The predicted octanol–water partition coefficient (Wildman–Crippen LogP) is 3.61. The fraction of sp³-hybridized carbons (Fsp3) is 0.550. The minimum atomic E-state index is -0.342. The van der Waals surface area contributed by atoms with Gasteiger partial charge in [0.2, 0.25) is 0 Å². The molecule has 2 saturated heterocycles. The number of piperidine rings is 1. The van der Waals surface area contributed by atoms with Crippen molar-refractivity contribution in [2.75, 3.05) is 38.2 Å². The highest BCUT2D eigenvalue weighted by atomic mass is 35.5. The molecule has 10 heteroatoms. The van der Waals surface area contributed by atoms with Crippen molar-refractivity contribution in [3.05, 3.63) is 45.7 Å². The minimum absolute atomic E-state index is 0.00817. The van der Waals surface area contributed by atoms with Crippen molar-refractivity contribution in [3.8, 4) is 0 Å². The monoisotopic (exact) mass is 453 g/mol. The first kappa shape index (κ1) is 21.5. The van der Waals surface area contributed by atoms with E-state index in [0.717, 1.165) is 63.6 Å². The molecule has 4 rings (SSSR count). The molecular formula is C20H25ClFN5O2S. The number of rotatable bonds is 6. The lowest BCUT2D eigenvalue weighted by Gasteiger charge is -2.31. The maximum atomic E-state index is 13.0. The molecule has 2 aliphatic rings. The van der Waals surface area contributed by atoms with Crippen LogP contribution in [0.2, 0.25) is 5.02 Å². The molecule has 2 aromatic heterocycles. The summed E-state index contributed by atoms with van der Waals surface area (Å²) in [5, 5.41) is 8.60. The standard InChI is InChI=1S/C20H25ClFN5O2S/c21-19-17(23-10-14-2-1-9-29-13-14)12-25-27(20(19)28)16-5-7-26(8-6-16)30-18-4-3-15(22)11-24-18/h3-4,11-12,14,16,23H,1-2,5-10,13H2/t14-/m0/s1. The summed E-state index contributed by atoms with van der Waals surface area (Å²) < 4.78 is 22.2. The normalized spacial score (nSPS) is 20.9. The smallest absolute Gasteiger partial charge is 0.287 e. The molecule has 0 amide bonds. The van der Waals surface area contributed by atoms with E-state index in [9.17, 15) is 9.18 Å². The second-order valence-electron chi connectivity index (χ2n) is 7.65. The molecule has 162 valence electrons. The lowest BCUT2D eigenvalue weighted by Crippen LogP contribution is -2.36. The zero-order valence-corrected chi connectivity index (χ0v) is 18.2. The Balaban J connectivity index is 1.33. The van der Waals surface area contributed by atoms with E-state index in [1.165, 1.54) is 28.9 Å². The van der Waals surface area contributed by atoms with Gasteiger partial charge in [0.1, 0.15) is 15.9 Å². The van der Waals surface area contributed by atoms with Gasteiger partial charge >= 0.3 is 0 Å². The molecule has 2 aliphatic heterocycles. The Kier molecular flexibility index (Phi) is 7.24. The molecule has 7 nitrogen and oxygen atoms in total. The molecule has 0 saturated carbocycles. The molecule has 2 fully saturated rings. The van der Waals surface area contributed by atoms with Gasteiger partial charge in [-0.3, -0.25) is 4.79 Å². The highest BCUT2D eigenvalue weighted by Gasteiger charge is 2.24. The largest absolute Gasteiger partial charge is 0.382 e. The highest BCUT2D eigenvalue weighted by molar-refractivity contribution is 7.97. The van der Waals surface area contributed by atoms with Crippen LogP contribution >= 0.6 is 23.5 Å². The molecule has 0 radical (unpaired) electrons. The number of aromatic nitrogens is 3. The zero-order valence-electron chi connectivity index (χ0n) is 16.6. The summed E-state index contributed by atoms with van der Waals surface area (Å²) in [6.07, 6.45) is 6.61. The first-order chi connectivity index (χ1) is 14.6. The third-order valence-corrected chi connectivity index (χ3v) is 6.89. The van der Waals surface area contributed by atoms with Gasteiger partial charge in [0.05, 0.1) is 30.7 Å². The van der Waals surface area contributed by atoms with Gasteiger partial charge in [0, 0.05) is 26.2 Å². The predicted molar refractivity (Wildman–Crippen MR) is 115 cm³/mol.